The van der Waals surface area contributed by atoms with Gasteiger partial charge in [-0.2, -0.15) is 0 Å². The molecular weight excluding hydrogens is 236 g/mol. The Morgan fingerprint density at radius 2 is 2.00 bits per heavy atom. The van der Waals surface area contributed by atoms with Gasteiger partial charge < -0.3 is 10.1 Å². The normalized spacial score (nSPS) is 13.1. The van der Waals surface area contributed by atoms with E-state index in [-0.39, 0.29) is 0 Å². The number of hydrogen-bond acceptors (Lipinski definition) is 3. The van der Waals surface area contributed by atoms with Gasteiger partial charge in [-0.05, 0) is 38.2 Å². The van der Waals surface area contributed by atoms with Crippen LogP contribution in [-0.4, -0.2) is 39.2 Å². The van der Waals surface area contributed by atoms with E-state index in [0.717, 1.165) is 18.8 Å². The molecule has 1 atom stereocenters. The third-order valence-electron chi connectivity index (χ3n) is 3.71. The number of methoxy groups -OCH3 is 1. The Bertz CT molecular complexity index is 390. The summed E-state index contributed by atoms with van der Waals surface area (Å²) >= 11 is 0. The number of nitrogens with one attached hydrogen (secondary N) is 1. The Morgan fingerprint density at radius 3 is 2.47 bits per heavy atom. The van der Waals surface area contributed by atoms with E-state index in [9.17, 15) is 0 Å². The summed E-state index contributed by atoms with van der Waals surface area (Å²) in [5.74, 6) is 1.51. The van der Waals surface area contributed by atoms with Crippen molar-refractivity contribution >= 4 is 0 Å². The minimum Gasteiger partial charge on any atom is -0.496 e. The molecule has 0 bridgehead atoms. The van der Waals surface area contributed by atoms with Crippen LogP contribution in [0, 0.1) is 0 Å². The topological polar surface area (TPSA) is 24.5 Å². The lowest BCUT2D eigenvalue weighted by molar-refractivity contribution is 0.247. The fraction of sp³-hybridized carbons (Fsp3) is 0.625. The van der Waals surface area contributed by atoms with Gasteiger partial charge in [0.2, 0.25) is 0 Å². The molecule has 19 heavy (non-hydrogen) atoms. The minimum atomic E-state index is 0.337. The number of benzene rings is 1. The van der Waals surface area contributed by atoms with Crippen molar-refractivity contribution in [1.29, 1.82) is 0 Å². The average molecular weight is 264 g/mol. The van der Waals surface area contributed by atoms with Crippen molar-refractivity contribution in [2.75, 3.05) is 34.3 Å². The van der Waals surface area contributed by atoms with Crippen LogP contribution in [-0.2, 0) is 0 Å². The molecule has 0 aromatic heterocycles. The fourth-order valence-corrected chi connectivity index (χ4v) is 2.29. The van der Waals surface area contributed by atoms with Crippen molar-refractivity contribution in [3.8, 4) is 5.75 Å². The maximum Gasteiger partial charge on any atom is 0.123 e. The Kier molecular flexibility index (Phi) is 6.32. The lowest BCUT2D eigenvalue weighted by atomic mass is 9.96. The first kappa shape index (κ1) is 16.0. The molecule has 0 aliphatic heterocycles. The highest BCUT2D eigenvalue weighted by molar-refractivity contribution is 5.40. The van der Waals surface area contributed by atoms with Gasteiger partial charge >= 0.3 is 0 Å². The van der Waals surface area contributed by atoms with E-state index in [4.69, 9.17) is 4.74 Å². The first-order valence-electron chi connectivity index (χ1n) is 7.07. The SMILES string of the molecule is CCN(C)C(CNC)c1cc(C(C)C)ccc1OC. The summed E-state index contributed by atoms with van der Waals surface area (Å²) in [6.45, 7) is 8.56. The van der Waals surface area contributed by atoms with Crippen molar-refractivity contribution in [3.63, 3.8) is 0 Å². The Morgan fingerprint density at radius 1 is 1.32 bits per heavy atom. The second kappa shape index (κ2) is 7.51. The van der Waals surface area contributed by atoms with Crippen LogP contribution < -0.4 is 10.1 Å². The summed E-state index contributed by atoms with van der Waals surface area (Å²) in [5, 5.41) is 3.28. The molecule has 3 nitrogen and oxygen atoms in total. The predicted molar refractivity (Wildman–Crippen MR) is 82.1 cm³/mol. The van der Waals surface area contributed by atoms with Crippen LogP contribution in [0.4, 0.5) is 0 Å². The van der Waals surface area contributed by atoms with E-state index in [1.807, 2.05) is 7.05 Å². The zero-order chi connectivity index (χ0) is 14.4. The summed E-state index contributed by atoms with van der Waals surface area (Å²) in [7, 11) is 5.90. The maximum atomic E-state index is 5.55. The van der Waals surface area contributed by atoms with Gasteiger partial charge in [-0.25, -0.2) is 0 Å². The molecule has 1 aromatic rings. The van der Waals surface area contributed by atoms with E-state index in [2.05, 4.69) is 56.2 Å². The van der Waals surface area contributed by atoms with Crippen LogP contribution in [0.3, 0.4) is 0 Å². The molecule has 0 aliphatic carbocycles. The van der Waals surface area contributed by atoms with Gasteiger partial charge in [0.15, 0.2) is 0 Å². The quantitative estimate of drug-likeness (QED) is 0.819. The van der Waals surface area contributed by atoms with E-state index in [1.165, 1.54) is 11.1 Å². The first-order valence-corrected chi connectivity index (χ1v) is 7.07. The molecule has 0 spiro atoms. The van der Waals surface area contributed by atoms with Crippen LogP contribution in [0.25, 0.3) is 0 Å². The van der Waals surface area contributed by atoms with Crippen LogP contribution in [0.2, 0.25) is 0 Å². The molecule has 0 radical (unpaired) electrons. The van der Waals surface area contributed by atoms with Crippen molar-refractivity contribution in [1.82, 2.24) is 10.2 Å². The Hall–Kier alpha value is -1.06. The first-order chi connectivity index (χ1) is 9.04. The van der Waals surface area contributed by atoms with Gasteiger partial charge in [-0.15, -0.1) is 0 Å². The average Bonchev–Trinajstić information content (AvgIpc) is 2.43. The zero-order valence-electron chi connectivity index (χ0n) is 13.2. The molecule has 1 N–H and O–H groups in total. The molecule has 108 valence electrons. The summed E-state index contributed by atoms with van der Waals surface area (Å²) in [6, 6.07) is 6.88. The Balaban J connectivity index is 3.21. The van der Waals surface area contributed by atoms with Crippen molar-refractivity contribution < 1.29 is 4.74 Å². The molecular formula is C16H28N2O. The molecule has 1 unspecified atom stereocenters. The molecule has 0 fully saturated rings. The highest BCUT2D eigenvalue weighted by atomic mass is 16.5. The third-order valence-corrected chi connectivity index (χ3v) is 3.71. The molecule has 0 saturated heterocycles. The molecule has 0 heterocycles. The second-order valence-electron chi connectivity index (χ2n) is 5.30. The lowest BCUT2D eigenvalue weighted by Crippen LogP contribution is -2.32. The number of hydrogen-bond donors (Lipinski definition) is 1. The van der Waals surface area contributed by atoms with Crippen LogP contribution in [0.15, 0.2) is 18.2 Å². The largest absolute Gasteiger partial charge is 0.496 e. The molecule has 0 amide bonds. The smallest absolute Gasteiger partial charge is 0.123 e. The number of likely N-dealkylation sites (N-methyl/N-ethyl adjacent to an activating group) is 2. The van der Waals surface area contributed by atoms with Crippen molar-refractivity contribution in [3.05, 3.63) is 29.3 Å². The second-order valence-corrected chi connectivity index (χ2v) is 5.30. The Labute approximate surface area is 118 Å². The highest BCUT2D eigenvalue weighted by Gasteiger charge is 2.20. The van der Waals surface area contributed by atoms with Gasteiger partial charge in [0.05, 0.1) is 13.2 Å². The van der Waals surface area contributed by atoms with Crippen LogP contribution >= 0.6 is 0 Å². The van der Waals surface area contributed by atoms with E-state index < -0.39 is 0 Å². The number of nitrogens with zero attached hydrogens (tertiary/aromatic N) is 1. The molecule has 1 rings (SSSR count). The standard InChI is InChI=1S/C16H28N2O/c1-7-18(5)15(11-17-4)14-10-13(12(2)3)8-9-16(14)19-6/h8-10,12,15,17H,7,11H2,1-6H3. The zero-order valence-corrected chi connectivity index (χ0v) is 13.2. The van der Waals surface area contributed by atoms with Crippen LogP contribution in [0.5, 0.6) is 5.75 Å². The van der Waals surface area contributed by atoms with E-state index in [1.54, 1.807) is 7.11 Å². The minimum absolute atomic E-state index is 0.337. The lowest BCUT2D eigenvalue weighted by Gasteiger charge is -2.29. The highest BCUT2D eigenvalue weighted by Crippen LogP contribution is 2.31. The van der Waals surface area contributed by atoms with Crippen molar-refractivity contribution in [2.45, 2.75) is 32.7 Å². The summed E-state index contributed by atoms with van der Waals surface area (Å²) in [5.41, 5.74) is 2.63. The van der Waals surface area contributed by atoms with E-state index >= 15 is 0 Å². The molecule has 3 heteroatoms. The van der Waals surface area contributed by atoms with Gasteiger partial charge in [-0.1, -0.05) is 32.9 Å². The third kappa shape index (κ3) is 3.95. The maximum absolute atomic E-state index is 5.55. The molecule has 0 aliphatic rings. The number of ether oxygens (including phenoxy) is 1. The van der Waals surface area contributed by atoms with Gasteiger partial charge in [-0.3, -0.25) is 4.90 Å². The van der Waals surface area contributed by atoms with Crippen LogP contribution in [0.1, 0.15) is 43.9 Å². The molecule has 0 saturated carbocycles. The van der Waals surface area contributed by atoms with E-state index in [0.29, 0.717) is 12.0 Å². The van der Waals surface area contributed by atoms with Gasteiger partial charge in [0.1, 0.15) is 5.75 Å². The predicted octanol–water partition coefficient (Wildman–Crippen LogP) is 3.03. The summed E-state index contributed by atoms with van der Waals surface area (Å²) in [6.07, 6.45) is 0. The molecule has 1 aromatic carbocycles. The summed E-state index contributed by atoms with van der Waals surface area (Å²) < 4.78 is 5.55. The monoisotopic (exact) mass is 264 g/mol. The van der Waals surface area contributed by atoms with Gasteiger partial charge in [0.25, 0.3) is 0 Å². The number of rotatable bonds is 7. The fourth-order valence-electron chi connectivity index (χ4n) is 2.29. The van der Waals surface area contributed by atoms with Crippen molar-refractivity contribution in [2.24, 2.45) is 0 Å². The summed E-state index contributed by atoms with van der Waals surface area (Å²) in [4.78, 5) is 2.35. The van der Waals surface area contributed by atoms with Gasteiger partial charge in [0, 0.05) is 12.1 Å².